The van der Waals surface area contributed by atoms with Crippen LogP contribution in [0, 0.1) is 0 Å². The fourth-order valence-corrected chi connectivity index (χ4v) is 1.93. The first-order valence-corrected chi connectivity index (χ1v) is 7.15. The summed E-state index contributed by atoms with van der Waals surface area (Å²) in [7, 11) is 1.70. The van der Waals surface area contributed by atoms with E-state index in [1.54, 1.807) is 13.1 Å². The maximum Gasteiger partial charge on any atom is 0.0899 e. The molecule has 3 nitrogen and oxygen atoms in total. The lowest BCUT2D eigenvalue weighted by molar-refractivity contribution is 0.108. The number of aliphatic hydroxyl groups is 2. The van der Waals surface area contributed by atoms with Crippen LogP contribution in [-0.2, 0) is 6.42 Å². The number of likely N-dealkylation sites (N-methyl/N-ethyl adjacent to an activating group) is 1. The van der Waals surface area contributed by atoms with E-state index in [0.29, 0.717) is 6.42 Å². The average Bonchev–Trinajstić information content (AvgIpc) is 2.57. The Morgan fingerprint density at radius 3 is 2.32 bits per heavy atom. The summed E-state index contributed by atoms with van der Waals surface area (Å²) in [6, 6.07) is 7.63. The molecule has 3 N–H and O–H groups in total. The molecule has 6 heteroatoms. The maximum atomic E-state index is 12.0. The molecule has 0 heterocycles. The van der Waals surface area contributed by atoms with Crippen LogP contribution in [0.15, 0.2) is 30.3 Å². The molecule has 0 aliphatic carbocycles. The van der Waals surface area contributed by atoms with Gasteiger partial charge in [0.25, 0.3) is 0 Å². The van der Waals surface area contributed by atoms with E-state index in [1.807, 2.05) is 30.3 Å². The first-order valence-electron chi connectivity index (χ1n) is 7.15. The Hall–Kier alpha value is -1.37. The summed E-state index contributed by atoms with van der Waals surface area (Å²) in [4.78, 5) is 0. The summed E-state index contributed by atoms with van der Waals surface area (Å²) in [6.45, 7) is -0.369. The van der Waals surface area contributed by atoms with Crippen LogP contribution >= 0.6 is 0 Å². The average molecular weight is 319 g/mol. The smallest absolute Gasteiger partial charge is 0.0899 e. The Labute approximate surface area is 129 Å². The van der Waals surface area contributed by atoms with Gasteiger partial charge in [-0.25, -0.2) is 0 Å². The molecule has 1 aromatic carbocycles. The number of hydrogen-bond donors (Lipinski definition) is 3. The number of benzene rings is 1. The van der Waals surface area contributed by atoms with Crippen molar-refractivity contribution in [3.05, 3.63) is 41.5 Å². The van der Waals surface area contributed by atoms with Gasteiger partial charge in [0.2, 0.25) is 0 Å². The fraction of sp³-hybridized carbons (Fsp3) is 0.500. The molecule has 0 saturated heterocycles. The summed E-state index contributed by atoms with van der Waals surface area (Å²) in [5, 5.41) is 21.7. The second-order valence-corrected chi connectivity index (χ2v) is 4.82. The van der Waals surface area contributed by atoms with Gasteiger partial charge in [0, 0.05) is 9.15 Å². The Morgan fingerprint density at radius 1 is 1.18 bits per heavy atom. The zero-order valence-corrected chi connectivity index (χ0v) is 12.7. The van der Waals surface area contributed by atoms with Crippen LogP contribution in [0.5, 0.6) is 0 Å². The number of rotatable bonds is 9. The van der Waals surface area contributed by atoms with E-state index in [2.05, 4.69) is 5.32 Å². The minimum absolute atomic E-state index is 0.116. The van der Waals surface area contributed by atoms with Crippen molar-refractivity contribution in [2.45, 2.75) is 31.4 Å². The maximum absolute atomic E-state index is 12.0. The van der Waals surface area contributed by atoms with Gasteiger partial charge in [0.15, 0.2) is 0 Å². The van der Waals surface area contributed by atoms with E-state index in [4.69, 9.17) is 14.3 Å². The van der Waals surface area contributed by atoms with Crippen molar-refractivity contribution >= 4 is 6.08 Å². The van der Waals surface area contributed by atoms with Crippen molar-refractivity contribution in [1.82, 2.24) is 5.32 Å². The number of unbranched alkanes of at least 4 members (excludes halogenated alkanes) is 1. The zero-order valence-electron chi connectivity index (χ0n) is 12.7. The van der Waals surface area contributed by atoms with Gasteiger partial charge in [0.1, 0.15) is 0 Å². The van der Waals surface area contributed by atoms with Gasteiger partial charge in [-0.2, -0.15) is 0 Å². The Balaban J connectivity index is 0.00000211. The van der Waals surface area contributed by atoms with Gasteiger partial charge in [-0.1, -0.05) is 36.4 Å². The van der Waals surface area contributed by atoms with Crippen molar-refractivity contribution in [2.24, 2.45) is 0 Å². The fourth-order valence-electron chi connectivity index (χ4n) is 1.93. The third-order valence-corrected chi connectivity index (χ3v) is 3.29. The van der Waals surface area contributed by atoms with E-state index in [-0.39, 0.29) is 19.3 Å². The third-order valence-electron chi connectivity index (χ3n) is 3.29. The number of alkyl halides is 1. The van der Waals surface area contributed by atoms with Crippen molar-refractivity contribution in [3.63, 3.8) is 0 Å². The second-order valence-electron chi connectivity index (χ2n) is 4.82. The predicted molar refractivity (Wildman–Crippen MR) is 82.5 cm³/mol. The van der Waals surface area contributed by atoms with Crippen molar-refractivity contribution in [2.75, 3.05) is 20.3 Å². The van der Waals surface area contributed by atoms with Gasteiger partial charge < -0.3 is 15.5 Å². The quantitative estimate of drug-likeness (QED) is 0.614. The zero-order chi connectivity index (χ0) is 16.8. The minimum Gasteiger partial charge on any atom is -0.395 e. The lowest BCUT2D eigenvalue weighted by Crippen LogP contribution is -2.39. The standard InChI is InChI=1S/C16H24FNO2.F2/c1-18-15(12-19)16(20)10-9-14-7-5-13(6-8-14)4-2-3-11-17;1-2/h5-10,15-16,18-20H,2-4,11-12H2,1H3;/b10-9+;/t15-,16+;/m1./s1. The van der Waals surface area contributed by atoms with E-state index < -0.39 is 6.10 Å². The van der Waals surface area contributed by atoms with Crippen LogP contribution in [0.3, 0.4) is 0 Å². The molecule has 0 aliphatic rings. The van der Waals surface area contributed by atoms with E-state index in [0.717, 1.165) is 18.4 Å². The van der Waals surface area contributed by atoms with E-state index in [9.17, 15) is 9.50 Å². The Kier molecular flexibility index (Phi) is 12.5. The summed E-state index contributed by atoms with van der Waals surface area (Å²) in [6.07, 6.45) is 5.13. The van der Waals surface area contributed by atoms with Crippen LogP contribution in [0.25, 0.3) is 6.08 Å². The molecule has 0 bridgehead atoms. The van der Waals surface area contributed by atoms with Crippen molar-refractivity contribution < 1.29 is 23.8 Å². The Bertz CT molecular complexity index is 395. The van der Waals surface area contributed by atoms with Crippen LogP contribution in [0.1, 0.15) is 24.0 Å². The van der Waals surface area contributed by atoms with Crippen LogP contribution in [0.2, 0.25) is 0 Å². The molecule has 0 aliphatic heterocycles. The first-order chi connectivity index (χ1) is 10.7. The summed E-state index contributed by atoms with van der Waals surface area (Å²) in [5.41, 5.74) is 2.19. The van der Waals surface area contributed by atoms with Gasteiger partial charge in [-0.15, -0.1) is 0 Å². The number of aryl methyl sites for hydroxylation is 1. The highest BCUT2D eigenvalue weighted by molar-refractivity contribution is 5.50. The minimum atomic E-state index is -0.728. The van der Waals surface area contributed by atoms with Crippen molar-refractivity contribution in [1.29, 1.82) is 0 Å². The monoisotopic (exact) mass is 319 g/mol. The molecule has 1 rings (SSSR count). The molecule has 0 spiro atoms. The largest absolute Gasteiger partial charge is 0.395 e. The molecule has 2 atom stereocenters. The molecule has 0 saturated carbocycles. The highest BCUT2D eigenvalue weighted by atomic mass is 20.0. The molecule has 126 valence electrons. The van der Waals surface area contributed by atoms with Crippen molar-refractivity contribution in [3.8, 4) is 0 Å². The summed E-state index contributed by atoms with van der Waals surface area (Å²) >= 11 is 0. The van der Waals surface area contributed by atoms with E-state index in [1.165, 1.54) is 5.56 Å². The normalized spacial score (nSPS) is 13.5. The highest BCUT2D eigenvalue weighted by Crippen LogP contribution is 2.10. The molecule has 0 fully saturated rings. The molecule has 0 unspecified atom stereocenters. The number of hydrogen-bond acceptors (Lipinski definition) is 3. The molecule has 0 radical (unpaired) electrons. The van der Waals surface area contributed by atoms with E-state index >= 15 is 0 Å². The molecular weight excluding hydrogens is 295 g/mol. The first kappa shape index (κ1) is 20.6. The van der Waals surface area contributed by atoms with Gasteiger partial charge in [-0.05, 0) is 37.4 Å². The highest BCUT2D eigenvalue weighted by Gasteiger charge is 2.12. The van der Waals surface area contributed by atoms with Crippen LogP contribution in [0.4, 0.5) is 13.5 Å². The predicted octanol–water partition coefficient (Wildman–Crippen LogP) is 2.77. The molecule has 0 aromatic heterocycles. The lowest BCUT2D eigenvalue weighted by Gasteiger charge is -2.16. The molecule has 22 heavy (non-hydrogen) atoms. The van der Waals surface area contributed by atoms with Crippen LogP contribution < -0.4 is 5.32 Å². The topological polar surface area (TPSA) is 52.5 Å². The summed E-state index contributed by atoms with van der Waals surface area (Å²) < 4.78 is 28.0. The molecule has 1 aromatic rings. The SMILES string of the molecule is CN[C@H](CO)[C@@H](O)/C=C/c1ccc(CCCCF)cc1.FF. The van der Waals surface area contributed by atoms with Crippen LogP contribution in [-0.4, -0.2) is 42.7 Å². The van der Waals surface area contributed by atoms with Gasteiger partial charge in [0.05, 0.1) is 25.4 Å². The Morgan fingerprint density at radius 2 is 1.82 bits per heavy atom. The molecular formula is C16H24F3NO2. The third kappa shape index (κ3) is 8.17. The summed E-state index contributed by atoms with van der Waals surface area (Å²) in [5.74, 6) is 0. The molecule has 0 amide bonds. The lowest BCUT2D eigenvalue weighted by atomic mass is 10.1. The van der Waals surface area contributed by atoms with Gasteiger partial charge in [-0.3, -0.25) is 4.39 Å². The van der Waals surface area contributed by atoms with Gasteiger partial charge >= 0.3 is 0 Å². The number of aliphatic hydroxyl groups excluding tert-OH is 2. The second kappa shape index (κ2) is 13.3. The number of halogens is 3. The number of nitrogens with one attached hydrogen (secondary N) is 1.